The van der Waals surface area contributed by atoms with Gasteiger partial charge in [0.2, 0.25) is 0 Å². The number of hydrogen-bond acceptors (Lipinski definition) is 6. The van der Waals surface area contributed by atoms with E-state index in [1.807, 2.05) is 13.8 Å². The molecule has 0 radical (unpaired) electrons. The highest BCUT2D eigenvalue weighted by atomic mass is 16.8. The van der Waals surface area contributed by atoms with Crippen LogP contribution in [0.3, 0.4) is 0 Å². The third-order valence-electron chi connectivity index (χ3n) is 4.49. The zero-order valence-electron chi connectivity index (χ0n) is 12.7. The van der Waals surface area contributed by atoms with E-state index in [4.69, 9.17) is 29.2 Å². The number of ether oxygens (including phenoxy) is 4. The number of rotatable bonds is 8. The Bertz CT molecular complexity index is 328. The summed E-state index contributed by atoms with van der Waals surface area (Å²) in [6.45, 7) is 4.08. The number of aliphatic hydroxyl groups excluding tert-OH is 2. The molecule has 0 bridgehead atoms. The largest absolute Gasteiger partial charge is 0.394 e. The van der Waals surface area contributed by atoms with Crippen LogP contribution in [-0.4, -0.2) is 65.8 Å². The van der Waals surface area contributed by atoms with E-state index in [2.05, 4.69) is 0 Å². The molecule has 0 aromatic heterocycles. The molecule has 6 heteroatoms. The van der Waals surface area contributed by atoms with Gasteiger partial charge in [0, 0.05) is 0 Å². The highest BCUT2D eigenvalue weighted by molar-refractivity contribution is 4.90. The van der Waals surface area contributed by atoms with Crippen LogP contribution in [0.25, 0.3) is 0 Å². The summed E-state index contributed by atoms with van der Waals surface area (Å²) in [7, 11) is 0. The molecule has 0 amide bonds. The molecule has 0 aliphatic carbocycles. The summed E-state index contributed by atoms with van der Waals surface area (Å²) in [4.78, 5) is 0. The highest BCUT2D eigenvalue weighted by Crippen LogP contribution is 2.37. The summed E-state index contributed by atoms with van der Waals surface area (Å²) in [6.07, 6.45) is 4.06. The molecule has 0 spiro atoms. The number of epoxide rings is 2. The average molecular weight is 302 g/mol. The smallest absolute Gasteiger partial charge is 0.163 e. The molecular formula is C15H26O6. The van der Waals surface area contributed by atoms with Gasteiger partial charge in [-0.1, -0.05) is 0 Å². The minimum absolute atomic E-state index is 0.0176. The summed E-state index contributed by atoms with van der Waals surface area (Å²) in [5, 5.41) is 18.0. The van der Waals surface area contributed by atoms with E-state index in [1.165, 1.54) is 0 Å². The van der Waals surface area contributed by atoms with E-state index in [9.17, 15) is 0 Å². The highest BCUT2D eigenvalue weighted by Gasteiger charge is 2.45. The molecule has 122 valence electrons. The monoisotopic (exact) mass is 302 g/mol. The summed E-state index contributed by atoms with van der Waals surface area (Å²) in [5.74, 6) is -0.545. The summed E-state index contributed by atoms with van der Waals surface area (Å²) < 4.78 is 22.7. The SMILES string of the molecule is CC1(C)O[C@H](CC[C@@H]2O[C@H]2CO)[C@@H](CC[C@@H]2O[C@H]2CO)O1. The molecule has 3 saturated heterocycles. The van der Waals surface area contributed by atoms with Crippen molar-refractivity contribution in [1.29, 1.82) is 0 Å². The quantitative estimate of drug-likeness (QED) is 0.638. The summed E-state index contributed by atoms with van der Waals surface area (Å²) in [6, 6.07) is 0. The average Bonchev–Trinajstić information content (AvgIpc) is 3.33. The third-order valence-corrected chi connectivity index (χ3v) is 4.49. The van der Waals surface area contributed by atoms with E-state index in [0.29, 0.717) is 0 Å². The molecule has 3 rings (SSSR count). The van der Waals surface area contributed by atoms with E-state index in [-0.39, 0.29) is 49.8 Å². The Kier molecular flexibility index (Phi) is 4.55. The van der Waals surface area contributed by atoms with Crippen LogP contribution in [0, 0.1) is 0 Å². The van der Waals surface area contributed by atoms with Gasteiger partial charge in [0.15, 0.2) is 5.79 Å². The van der Waals surface area contributed by atoms with Crippen molar-refractivity contribution < 1.29 is 29.2 Å². The second-order valence-corrected chi connectivity index (χ2v) is 6.66. The zero-order valence-corrected chi connectivity index (χ0v) is 12.7. The fourth-order valence-electron chi connectivity index (χ4n) is 3.24. The van der Waals surface area contributed by atoms with E-state index < -0.39 is 5.79 Å². The molecule has 3 aliphatic heterocycles. The maximum atomic E-state index is 8.99. The van der Waals surface area contributed by atoms with Crippen LogP contribution in [0.5, 0.6) is 0 Å². The van der Waals surface area contributed by atoms with Crippen LogP contribution in [0.2, 0.25) is 0 Å². The Labute approximate surface area is 125 Å². The molecule has 6 atom stereocenters. The molecule has 3 aliphatic rings. The van der Waals surface area contributed by atoms with Crippen LogP contribution in [0.15, 0.2) is 0 Å². The maximum absolute atomic E-state index is 8.99. The Balaban J connectivity index is 1.43. The lowest BCUT2D eigenvalue weighted by molar-refractivity contribution is -0.147. The van der Waals surface area contributed by atoms with E-state index in [0.717, 1.165) is 25.7 Å². The van der Waals surface area contributed by atoms with Crippen LogP contribution < -0.4 is 0 Å². The Hall–Kier alpha value is -0.240. The minimum Gasteiger partial charge on any atom is -0.394 e. The van der Waals surface area contributed by atoms with Gasteiger partial charge in [-0.25, -0.2) is 0 Å². The predicted octanol–water partition coefficient (Wildman–Crippen LogP) is 0.586. The normalized spacial score (nSPS) is 44.0. The molecule has 3 heterocycles. The zero-order chi connectivity index (χ0) is 15.0. The van der Waals surface area contributed by atoms with Gasteiger partial charge in [0.1, 0.15) is 12.2 Å². The molecule has 6 nitrogen and oxygen atoms in total. The number of hydrogen-bond donors (Lipinski definition) is 2. The van der Waals surface area contributed by atoms with Crippen LogP contribution in [0.1, 0.15) is 39.5 Å². The van der Waals surface area contributed by atoms with Gasteiger partial charge in [-0.05, 0) is 39.5 Å². The Morgan fingerprint density at radius 3 is 1.38 bits per heavy atom. The first-order valence-electron chi connectivity index (χ1n) is 7.90. The van der Waals surface area contributed by atoms with Crippen molar-refractivity contribution in [3.8, 4) is 0 Å². The van der Waals surface area contributed by atoms with Gasteiger partial charge >= 0.3 is 0 Å². The lowest BCUT2D eigenvalue weighted by Gasteiger charge is -2.16. The second-order valence-electron chi connectivity index (χ2n) is 6.66. The molecule has 0 saturated carbocycles. The van der Waals surface area contributed by atoms with Crippen molar-refractivity contribution in [1.82, 2.24) is 0 Å². The van der Waals surface area contributed by atoms with Crippen LogP contribution in [-0.2, 0) is 18.9 Å². The lowest BCUT2D eigenvalue weighted by Crippen LogP contribution is -2.24. The maximum Gasteiger partial charge on any atom is 0.163 e. The van der Waals surface area contributed by atoms with Crippen molar-refractivity contribution in [3.05, 3.63) is 0 Å². The van der Waals surface area contributed by atoms with Gasteiger partial charge in [0.05, 0.1) is 37.6 Å². The van der Waals surface area contributed by atoms with Crippen molar-refractivity contribution >= 4 is 0 Å². The standard InChI is InChI=1S/C15H26O6/c1-15(2)20-11(5-3-9-13(7-16)18-9)12(21-15)6-4-10-14(8-17)19-10/h9-14,16-17H,3-8H2,1-2H3/t9-,10-,11+,12+,13-,14-/m0/s1. The van der Waals surface area contributed by atoms with Gasteiger partial charge in [0.25, 0.3) is 0 Å². The van der Waals surface area contributed by atoms with Crippen molar-refractivity contribution in [2.24, 2.45) is 0 Å². The van der Waals surface area contributed by atoms with Crippen LogP contribution in [0.4, 0.5) is 0 Å². The molecule has 2 N–H and O–H groups in total. The van der Waals surface area contributed by atoms with Gasteiger partial charge < -0.3 is 29.2 Å². The minimum atomic E-state index is -0.545. The second kappa shape index (κ2) is 6.10. The fourth-order valence-corrected chi connectivity index (χ4v) is 3.24. The van der Waals surface area contributed by atoms with Crippen molar-refractivity contribution in [3.63, 3.8) is 0 Å². The molecular weight excluding hydrogens is 276 g/mol. The van der Waals surface area contributed by atoms with Gasteiger partial charge in [-0.2, -0.15) is 0 Å². The molecule has 0 unspecified atom stereocenters. The first-order chi connectivity index (χ1) is 10.0. The summed E-state index contributed by atoms with van der Waals surface area (Å²) in [5.41, 5.74) is 0. The van der Waals surface area contributed by atoms with E-state index >= 15 is 0 Å². The van der Waals surface area contributed by atoms with E-state index in [1.54, 1.807) is 0 Å². The predicted molar refractivity (Wildman–Crippen MR) is 73.8 cm³/mol. The summed E-state index contributed by atoms with van der Waals surface area (Å²) >= 11 is 0. The lowest BCUT2D eigenvalue weighted by atomic mass is 10.0. The molecule has 3 fully saturated rings. The van der Waals surface area contributed by atoms with Crippen molar-refractivity contribution in [2.75, 3.05) is 13.2 Å². The molecule has 21 heavy (non-hydrogen) atoms. The topological polar surface area (TPSA) is 84.0 Å². The molecule has 0 aromatic carbocycles. The van der Waals surface area contributed by atoms with Crippen molar-refractivity contribution in [2.45, 2.75) is 81.9 Å². The van der Waals surface area contributed by atoms with Crippen LogP contribution >= 0.6 is 0 Å². The number of aliphatic hydroxyl groups is 2. The Morgan fingerprint density at radius 2 is 1.05 bits per heavy atom. The third kappa shape index (κ3) is 3.94. The fraction of sp³-hybridized carbons (Fsp3) is 1.00. The first kappa shape index (κ1) is 15.6. The Morgan fingerprint density at radius 1 is 0.667 bits per heavy atom. The van der Waals surface area contributed by atoms with Gasteiger partial charge in [-0.3, -0.25) is 0 Å². The first-order valence-corrected chi connectivity index (χ1v) is 7.90. The van der Waals surface area contributed by atoms with Gasteiger partial charge in [-0.15, -0.1) is 0 Å². The molecule has 0 aromatic rings.